The maximum Gasteiger partial charge on any atom is 0.123 e. The van der Waals surface area contributed by atoms with Crippen LogP contribution in [0.2, 0.25) is 0 Å². The molecule has 2 rings (SSSR count). The van der Waals surface area contributed by atoms with Gasteiger partial charge in [0.1, 0.15) is 5.75 Å². The molecule has 0 radical (unpaired) electrons. The first-order valence-corrected chi connectivity index (χ1v) is 5.92. The van der Waals surface area contributed by atoms with Gasteiger partial charge in [0.25, 0.3) is 0 Å². The molecule has 0 N–H and O–H groups in total. The molecule has 0 fully saturated rings. The van der Waals surface area contributed by atoms with Crippen LogP contribution in [-0.2, 0) is 0 Å². The molecule has 0 heterocycles. The minimum atomic E-state index is -0.0685. The summed E-state index contributed by atoms with van der Waals surface area (Å²) < 4.78 is 5.41. The lowest BCUT2D eigenvalue weighted by Crippen LogP contribution is -2.01. The number of terminal acetylenes is 1. The maximum atomic E-state index is 5.70. The van der Waals surface area contributed by atoms with Gasteiger partial charge in [-0.05, 0) is 18.6 Å². The van der Waals surface area contributed by atoms with Crippen LogP contribution in [0.1, 0.15) is 22.6 Å². The highest BCUT2D eigenvalue weighted by Gasteiger charge is 2.15. The van der Waals surface area contributed by atoms with Crippen LogP contribution in [0.15, 0.2) is 48.5 Å². The molecule has 2 aromatic carbocycles. The molecule has 90 valence electrons. The number of hydrogen-bond acceptors (Lipinski definition) is 1. The van der Waals surface area contributed by atoms with Crippen molar-refractivity contribution < 1.29 is 4.74 Å². The van der Waals surface area contributed by atoms with Crippen molar-refractivity contribution in [2.45, 2.75) is 12.8 Å². The number of ether oxygens (including phenoxy) is 1. The largest absolute Gasteiger partial charge is 0.496 e. The second-order valence-electron chi connectivity index (χ2n) is 4.26. The zero-order valence-corrected chi connectivity index (χ0v) is 10.7. The van der Waals surface area contributed by atoms with Crippen molar-refractivity contribution in [3.8, 4) is 18.1 Å². The summed E-state index contributed by atoms with van der Waals surface area (Å²) in [6.45, 7) is 2.06. The summed E-state index contributed by atoms with van der Waals surface area (Å²) >= 11 is 0. The smallest absolute Gasteiger partial charge is 0.123 e. The minimum Gasteiger partial charge on any atom is -0.496 e. The molecule has 2 aromatic rings. The predicted molar refractivity (Wildman–Crippen MR) is 74.8 cm³/mol. The van der Waals surface area contributed by atoms with Crippen LogP contribution in [-0.4, -0.2) is 7.11 Å². The van der Waals surface area contributed by atoms with Gasteiger partial charge in [0.05, 0.1) is 13.0 Å². The standard InChI is InChI=1S/C17H16O/c1-4-15(14-8-6-5-7-9-14)16-12-13(2)10-11-17(16)18-3/h1,5-12,15H,2-3H3. The summed E-state index contributed by atoms with van der Waals surface area (Å²) in [4.78, 5) is 0. The summed E-state index contributed by atoms with van der Waals surface area (Å²) in [5.74, 6) is 3.63. The predicted octanol–water partition coefficient (Wildman–Crippen LogP) is 3.77. The van der Waals surface area contributed by atoms with Gasteiger partial charge in [0.15, 0.2) is 0 Å². The van der Waals surface area contributed by atoms with Crippen molar-refractivity contribution >= 4 is 0 Å². The van der Waals surface area contributed by atoms with Gasteiger partial charge in [0.2, 0.25) is 0 Å². The van der Waals surface area contributed by atoms with E-state index in [0.717, 1.165) is 16.9 Å². The summed E-state index contributed by atoms with van der Waals surface area (Å²) in [6.07, 6.45) is 5.70. The molecular weight excluding hydrogens is 220 g/mol. The first-order chi connectivity index (χ1) is 8.76. The molecule has 0 aliphatic rings. The Labute approximate surface area is 108 Å². The molecule has 0 aromatic heterocycles. The maximum absolute atomic E-state index is 5.70. The number of aryl methyl sites for hydroxylation is 1. The van der Waals surface area contributed by atoms with Crippen LogP contribution < -0.4 is 4.74 Å². The van der Waals surface area contributed by atoms with Gasteiger partial charge in [-0.1, -0.05) is 53.9 Å². The van der Waals surface area contributed by atoms with Crippen LogP contribution >= 0.6 is 0 Å². The van der Waals surface area contributed by atoms with Crippen LogP contribution in [0.25, 0.3) is 0 Å². The Balaban J connectivity index is 2.52. The number of hydrogen-bond donors (Lipinski definition) is 0. The van der Waals surface area contributed by atoms with Gasteiger partial charge < -0.3 is 4.74 Å². The molecule has 0 amide bonds. The fraction of sp³-hybridized carbons (Fsp3) is 0.176. The van der Waals surface area contributed by atoms with E-state index in [1.54, 1.807) is 7.11 Å². The Morgan fingerprint density at radius 1 is 1.11 bits per heavy atom. The molecule has 0 saturated heterocycles. The molecule has 0 bridgehead atoms. The zero-order chi connectivity index (χ0) is 13.0. The molecule has 1 nitrogen and oxygen atoms in total. The fourth-order valence-electron chi connectivity index (χ4n) is 2.09. The molecule has 0 spiro atoms. The summed E-state index contributed by atoms with van der Waals surface area (Å²) in [5.41, 5.74) is 3.34. The molecule has 0 aliphatic heterocycles. The number of rotatable bonds is 3. The number of methoxy groups -OCH3 is 1. The highest BCUT2D eigenvalue weighted by Crippen LogP contribution is 2.32. The molecule has 1 heteroatoms. The van der Waals surface area contributed by atoms with Crippen molar-refractivity contribution in [1.82, 2.24) is 0 Å². The van der Waals surface area contributed by atoms with Crippen molar-refractivity contribution in [2.24, 2.45) is 0 Å². The first kappa shape index (κ1) is 12.3. The van der Waals surface area contributed by atoms with Crippen molar-refractivity contribution in [3.05, 3.63) is 65.2 Å². The van der Waals surface area contributed by atoms with E-state index in [1.165, 1.54) is 5.56 Å². The fourth-order valence-corrected chi connectivity index (χ4v) is 2.09. The average molecular weight is 236 g/mol. The van der Waals surface area contributed by atoms with E-state index >= 15 is 0 Å². The van der Waals surface area contributed by atoms with Gasteiger partial charge >= 0.3 is 0 Å². The zero-order valence-electron chi connectivity index (χ0n) is 10.7. The third-order valence-electron chi connectivity index (χ3n) is 3.00. The monoisotopic (exact) mass is 236 g/mol. The molecule has 1 atom stereocenters. The van der Waals surface area contributed by atoms with Crippen LogP contribution in [0.3, 0.4) is 0 Å². The Bertz CT molecular complexity index is 564. The highest BCUT2D eigenvalue weighted by atomic mass is 16.5. The van der Waals surface area contributed by atoms with E-state index in [4.69, 9.17) is 11.2 Å². The third kappa shape index (κ3) is 2.38. The summed E-state index contributed by atoms with van der Waals surface area (Å²) in [7, 11) is 1.67. The third-order valence-corrected chi connectivity index (χ3v) is 3.00. The lowest BCUT2D eigenvalue weighted by atomic mass is 9.90. The quantitative estimate of drug-likeness (QED) is 0.737. The van der Waals surface area contributed by atoms with E-state index in [0.29, 0.717) is 0 Å². The number of benzene rings is 2. The second kappa shape index (κ2) is 5.42. The molecule has 0 aliphatic carbocycles. The second-order valence-corrected chi connectivity index (χ2v) is 4.26. The van der Waals surface area contributed by atoms with Gasteiger partial charge in [-0.2, -0.15) is 0 Å². The summed E-state index contributed by atoms with van der Waals surface area (Å²) in [6, 6.07) is 16.2. The van der Waals surface area contributed by atoms with Gasteiger partial charge in [-0.3, -0.25) is 0 Å². The lowest BCUT2D eigenvalue weighted by molar-refractivity contribution is 0.409. The first-order valence-electron chi connectivity index (χ1n) is 5.92. The Kier molecular flexibility index (Phi) is 3.69. The van der Waals surface area contributed by atoms with Gasteiger partial charge in [-0.25, -0.2) is 0 Å². The van der Waals surface area contributed by atoms with E-state index in [1.807, 2.05) is 42.5 Å². The van der Waals surface area contributed by atoms with Crippen LogP contribution in [0.5, 0.6) is 5.75 Å². The molecular formula is C17H16O. The van der Waals surface area contributed by atoms with Gasteiger partial charge in [0, 0.05) is 5.56 Å². The average Bonchev–Trinajstić information content (AvgIpc) is 2.41. The molecule has 18 heavy (non-hydrogen) atoms. The topological polar surface area (TPSA) is 9.23 Å². The normalized spacial score (nSPS) is 11.6. The van der Waals surface area contributed by atoms with Crippen molar-refractivity contribution in [3.63, 3.8) is 0 Å². The lowest BCUT2D eigenvalue weighted by Gasteiger charge is -2.16. The van der Waals surface area contributed by atoms with Crippen molar-refractivity contribution in [1.29, 1.82) is 0 Å². The van der Waals surface area contributed by atoms with E-state index in [2.05, 4.69) is 18.9 Å². The Hall–Kier alpha value is -2.20. The van der Waals surface area contributed by atoms with E-state index in [-0.39, 0.29) is 5.92 Å². The molecule has 0 saturated carbocycles. The van der Waals surface area contributed by atoms with Crippen LogP contribution in [0.4, 0.5) is 0 Å². The van der Waals surface area contributed by atoms with Crippen LogP contribution in [0, 0.1) is 19.3 Å². The van der Waals surface area contributed by atoms with E-state index in [9.17, 15) is 0 Å². The van der Waals surface area contributed by atoms with Gasteiger partial charge in [-0.15, -0.1) is 6.42 Å². The Morgan fingerprint density at radius 3 is 2.44 bits per heavy atom. The van der Waals surface area contributed by atoms with Crippen molar-refractivity contribution in [2.75, 3.05) is 7.11 Å². The van der Waals surface area contributed by atoms with E-state index < -0.39 is 0 Å². The molecule has 1 unspecified atom stereocenters. The Morgan fingerprint density at radius 2 is 1.83 bits per heavy atom. The minimum absolute atomic E-state index is 0.0685. The highest BCUT2D eigenvalue weighted by molar-refractivity contribution is 5.48. The summed E-state index contributed by atoms with van der Waals surface area (Å²) in [5, 5.41) is 0. The SMILES string of the molecule is C#CC(c1ccccc1)c1cc(C)ccc1OC.